The van der Waals surface area contributed by atoms with Crippen molar-refractivity contribution in [2.24, 2.45) is 0 Å². The lowest BCUT2D eigenvalue weighted by atomic mass is 10.3. The van der Waals surface area contributed by atoms with Crippen molar-refractivity contribution in [3.8, 4) is 0 Å². The number of halogens is 2. The van der Waals surface area contributed by atoms with Crippen LogP contribution < -0.4 is 10.6 Å². The molecule has 0 aliphatic carbocycles. The number of benzene rings is 1. The molecule has 1 aromatic carbocycles. The molecule has 2 rings (SSSR count). The lowest BCUT2D eigenvalue weighted by molar-refractivity contribution is -0.133. The van der Waals surface area contributed by atoms with Crippen LogP contribution in [0.5, 0.6) is 0 Å². The average molecular weight is 267 g/mol. The molecule has 7 nitrogen and oxygen atoms in total. The molecule has 0 aliphatic heterocycles. The van der Waals surface area contributed by atoms with E-state index in [1.165, 1.54) is 0 Å². The highest BCUT2D eigenvalue weighted by Gasteiger charge is 2.17. The van der Waals surface area contributed by atoms with Crippen LogP contribution >= 0.6 is 0 Å². The average Bonchev–Trinajstić information content (AvgIpc) is 2.86. The molecule has 3 N–H and O–H groups in total. The molecular formula is C10H7F2N5O2. The second-order valence-corrected chi connectivity index (χ2v) is 3.37. The molecule has 0 bridgehead atoms. The molecule has 1 aromatic heterocycles. The summed E-state index contributed by atoms with van der Waals surface area (Å²) in [6.45, 7) is 0. The molecule has 19 heavy (non-hydrogen) atoms. The Bertz CT molecular complexity index is 614. The van der Waals surface area contributed by atoms with Crippen LogP contribution in [0, 0.1) is 11.6 Å². The molecule has 98 valence electrons. The number of aromatic nitrogens is 3. The molecule has 0 atom stereocenters. The largest absolute Gasteiger partial charge is 0.316 e. The van der Waals surface area contributed by atoms with Gasteiger partial charge in [0.1, 0.15) is 18.0 Å². The van der Waals surface area contributed by atoms with Crippen molar-refractivity contribution in [1.29, 1.82) is 0 Å². The second-order valence-electron chi connectivity index (χ2n) is 3.37. The number of anilines is 2. The van der Waals surface area contributed by atoms with Crippen LogP contribution in [0.15, 0.2) is 24.5 Å². The summed E-state index contributed by atoms with van der Waals surface area (Å²) in [5.74, 6) is -3.91. The number of nitrogens with one attached hydrogen (secondary N) is 3. The Hall–Kier alpha value is -2.84. The number of hydrogen-bond donors (Lipinski definition) is 3. The van der Waals surface area contributed by atoms with E-state index in [0.29, 0.717) is 0 Å². The highest BCUT2D eigenvalue weighted by atomic mass is 19.1. The van der Waals surface area contributed by atoms with Crippen molar-refractivity contribution < 1.29 is 18.4 Å². The van der Waals surface area contributed by atoms with E-state index in [1.807, 2.05) is 5.32 Å². The Morgan fingerprint density at radius 1 is 1.16 bits per heavy atom. The van der Waals surface area contributed by atoms with Gasteiger partial charge in [0.2, 0.25) is 5.95 Å². The minimum Gasteiger partial charge on any atom is -0.315 e. The fourth-order valence-corrected chi connectivity index (χ4v) is 1.20. The SMILES string of the molecule is O=C(Nc1ncn[nH]1)C(=O)Nc1cc(F)ccc1F. The number of amides is 2. The summed E-state index contributed by atoms with van der Waals surface area (Å²) in [6, 6.07) is 2.48. The monoisotopic (exact) mass is 267 g/mol. The van der Waals surface area contributed by atoms with Crippen molar-refractivity contribution in [2.45, 2.75) is 0 Å². The third-order valence-corrected chi connectivity index (χ3v) is 2.03. The Morgan fingerprint density at radius 3 is 2.58 bits per heavy atom. The number of hydrogen-bond acceptors (Lipinski definition) is 4. The molecule has 1 heterocycles. The number of nitrogens with zero attached hydrogens (tertiary/aromatic N) is 2. The van der Waals surface area contributed by atoms with Gasteiger partial charge < -0.3 is 5.32 Å². The summed E-state index contributed by atoms with van der Waals surface area (Å²) in [4.78, 5) is 26.4. The predicted molar refractivity (Wildman–Crippen MR) is 60.0 cm³/mol. The van der Waals surface area contributed by atoms with Gasteiger partial charge in [0.25, 0.3) is 0 Å². The topological polar surface area (TPSA) is 99.8 Å². The molecule has 2 amide bonds. The van der Waals surface area contributed by atoms with Crippen LogP contribution in [0.2, 0.25) is 0 Å². The van der Waals surface area contributed by atoms with E-state index >= 15 is 0 Å². The van der Waals surface area contributed by atoms with E-state index in [9.17, 15) is 18.4 Å². The molecule has 9 heteroatoms. The highest BCUT2D eigenvalue weighted by molar-refractivity contribution is 6.43. The summed E-state index contributed by atoms with van der Waals surface area (Å²) in [7, 11) is 0. The zero-order valence-corrected chi connectivity index (χ0v) is 9.28. The minimum absolute atomic E-state index is 0.0418. The first-order valence-corrected chi connectivity index (χ1v) is 4.99. The van der Waals surface area contributed by atoms with Crippen molar-refractivity contribution >= 4 is 23.5 Å². The third kappa shape index (κ3) is 3.09. The lowest BCUT2D eigenvalue weighted by Gasteiger charge is -2.05. The maximum absolute atomic E-state index is 13.2. The third-order valence-electron chi connectivity index (χ3n) is 2.03. The number of carbonyl (C=O) groups excluding carboxylic acids is 2. The lowest BCUT2D eigenvalue weighted by Crippen LogP contribution is -2.29. The van der Waals surface area contributed by atoms with Crippen molar-refractivity contribution in [2.75, 3.05) is 10.6 Å². The van der Waals surface area contributed by atoms with Crippen LogP contribution in [0.3, 0.4) is 0 Å². The van der Waals surface area contributed by atoms with Crippen molar-refractivity contribution in [3.63, 3.8) is 0 Å². The van der Waals surface area contributed by atoms with Gasteiger partial charge in [-0.05, 0) is 12.1 Å². The van der Waals surface area contributed by atoms with Crippen molar-refractivity contribution in [1.82, 2.24) is 15.2 Å². The van der Waals surface area contributed by atoms with Gasteiger partial charge in [-0.1, -0.05) is 0 Å². The van der Waals surface area contributed by atoms with Crippen LogP contribution in [0.1, 0.15) is 0 Å². The van der Waals surface area contributed by atoms with Gasteiger partial charge in [0.05, 0.1) is 5.69 Å². The van der Waals surface area contributed by atoms with E-state index < -0.39 is 29.1 Å². The van der Waals surface area contributed by atoms with Gasteiger partial charge >= 0.3 is 11.8 Å². The maximum Gasteiger partial charge on any atom is 0.316 e. The number of H-pyrrole nitrogens is 1. The quantitative estimate of drug-likeness (QED) is 0.696. The molecule has 0 saturated heterocycles. The van der Waals surface area contributed by atoms with Crippen LogP contribution in [0.25, 0.3) is 0 Å². The molecular weight excluding hydrogens is 260 g/mol. The second kappa shape index (κ2) is 5.21. The first-order valence-electron chi connectivity index (χ1n) is 4.99. The van der Waals surface area contributed by atoms with E-state index in [-0.39, 0.29) is 5.95 Å². The molecule has 0 spiro atoms. The van der Waals surface area contributed by atoms with Crippen molar-refractivity contribution in [3.05, 3.63) is 36.2 Å². The van der Waals surface area contributed by atoms with E-state index in [2.05, 4.69) is 20.5 Å². The Morgan fingerprint density at radius 2 is 1.89 bits per heavy atom. The van der Waals surface area contributed by atoms with Crippen LogP contribution in [0.4, 0.5) is 20.4 Å². The highest BCUT2D eigenvalue weighted by Crippen LogP contribution is 2.15. The molecule has 0 aliphatic rings. The predicted octanol–water partition coefficient (Wildman–Crippen LogP) is 0.660. The van der Waals surface area contributed by atoms with E-state index in [1.54, 1.807) is 0 Å². The van der Waals surface area contributed by atoms with E-state index in [4.69, 9.17) is 0 Å². The minimum atomic E-state index is -1.17. The summed E-state index contributed by atoms with van der Waals surface area (Å²) < 4.78 is 26.1. The Balaban J connectivity index is 2.04. The van der Waals surface area contributed by atoms with Crippen LogP contribution in [-0.4, -0.2) is 27.0 Å². The Labute approximate surface area is 105 Å². The van der Waals surface area contributed by atoms with Gasteiger partial charge in [-0.2, -0.15) is 10.1 Å². The number of carbonyl (C=O) groups is 2. The summed E-state index contributed by atoms with van der Waals surface area (Å²) >= 11 is 0. The number of rotatable bonds is 2. The molecule has 0 saturated carbocycles. The fraction of sp³-hybridized carbons (Fsp3) is 0. The summed E-state index contributed by atoms with van der Waals surface area (Å²) in [5.41, 5.74) is -0.433. The van der Waals surface area contributed by atoms with Gasteiger partial charge in [0.15, 0.2) is 0 Å². The number of aromatic amines is 1. The summed E-state index contributed by atoms with van der Waals surface area (Å²) in [6.07, 6.45) is 1.12. The van der Waals surface area contributed by atoms with Gasteiger partial charge in [-0.25, -0.2) is 13.9 Å². The van der Waals surface area contributed by atoms with Gasteiger partial charge in [-0.15, -0.1) is 0 Å². The molecule has 0 fully saturated rings. The molecule has 0 unspecified atom stereocenters. The zero-order chi connectivity index (χ0) is 13.8. The maximum atomic E-state index is 13.2. The molecule has 0 radical (unpaired) electrons. The zero-order valence-electron chi connectivity index (χ0n) is 9.28. The molecule has 2 aromatic rings. The van der Waals surface area contributed by atoms with Gasteiger partial charge in [0, 0.05) is 6.07 Å². The standard InChI is InChI=1S/C10H7F2N5O2/c11-5-1-2-6(12)7(3-5)15-8(18)9(19)16-10-13-4-14-17-10/h1-4H,(H,15,18)(H2,13,14,16,17,19). The smallest absolute Gasteiger partial charge is 0.315 e. The Kier molecular flexibility index (Phi) is 3.46. The normalized spacial score (nSPS) is 10.0. The van der Waals surface area contributed by atoms with Crippen LogP contribution in [-0.2, 0) is 9.59 Å². The first kappa shape index (κ1) is 12.6. The fourth-order valence-electron chi connectivity index (χ4n) is 1.20. The summed E-state index contributed by atoms with van der Waals surface area (Å²) in [5, 5.41) is 9.77. The first-order chi connectivity index (χ1) is 9.06. The van der Waals surface area contributed by atoms with E-state index in [0.717, 1.165) is 24.5 Å². The van der Waals surface area contributed by atoms with Gasteiger partial charge in [-0.3, -0.25) is 14.9 Å².